The summed E-state index contributed by atoms with van der Waals surface area (Å²) in [4.78, 5) is 22.3. The lowest BCUT2D eigenvalue weighted by atomic mass is 9.80. The molecule has 1 fully saturated rings. The van der Waals surface area contributed by atoms with Crippen molar-refractivity contribution in [3.63, 3.8) is 0 Å². The Morgan fingerprint density at radius 3 is 2.12 bits per heavy atom. The Kier molecular flexibility index (Phi) is 5.19. The van der Waals surface area contributed by atoms with Crippen LogP contribution in [0.25, 0.3) is 0 Å². The van der Waals surface area contributed by atoms with Gasteiger partial charge in [-0.05, 0) is 24.7 Å². The van der Waals surface area contributed by atoms with Crippen LogP contribution in [0, 0.1) is 11.8 Å². The van der Waals surface area contributed by atoms with Gasteiger partial charge in [-0.3, -0.25) is 0 Å². The smallest absolute Gasteiger partial charge is 0.331 e. The fraction of sp³-hybridized carbons (Fsp3) is 0.692. The average Bonchev–Trinajstić information content (AvgIpc) is 2.31. The van der Waals surface area contributed by atoms with Gasteiger partial charge in [0.25, 0.3) is 0 Å². The molecule has 0 aliphatic heterocycles. The first-order valence-electron chi connectivity index (χ1n) is 6.01. The van der Waals surface area contributed by atoms with Crippen LogP contribution in [0.4, 0.5) is 0 Å². The summed E-state index contributed by atoms with van der Waals surface area (Å²) < 4.78 is 9.78. The highest BCUT2D eigenvalue weighted by Gasteiger charge is 2.30. The average molecular weight is 240 g/mol. The van der Waals surface area contributed by atoms with Gasteiger partial charge in [0.15, 0.2) is 0 Å². The Morgan fingerprint density at radius 1 is 1.06 bits per heavy atom. The Morgan fingerprint density at radius 2 is 1.59 bits per heavy atom. The van der Waals surface area contributed by atoms with Crippen LogP contribution >= 0.6 is 0 Å². The van der Waals surface area contributed by atoms with E-state index in [1.165, 1.54) is 13.5 Å². The molecule has 4 nitrogen and oxygen atoms in total. The van der Waals surface area contributed by atoms with Crippen LogP contribution in [-0.2, 0) is 19.1 Å². The molecule has 0 amide bonds. The molecule has 4 heteroatoms. The van der Waals surface area contributed by atoms with E-state index in [4.69, 9.17) is 4.74 Å². The molecular formula is C13H20O4. The molecule has 0 bridgehead atoms. The highest BCUT2D eigenvalue weighted by molar-refractivity contribution is 5.91. The van der Waals surface area contributed by atoms with Crippen LogP contribution in [0.15, 0.2) is 12.2 Å². The van der Waals surface area contributed by atoms with Crippen molar-refractivity contribution < 1.29 is 19.1 Å². The summed E-state index contributed by atoms with van der Waals surface area (Å²) in [7, 11) is 1.27. The number of hydrogen-bond acceptors (Lipinski definition) is 4. The van der Waals surface area contributed by atoms with Crippen molar-refractivity contribution in [1.29, 1.82) is 0 Å². The molecule has 0 saturated heterocycles. The molecule has 0 aromatic rings. The third-order valence-electron chi connectivity index (χ3n) is 3.25. The number of rotatable bonds is 3. The van der Waals surface area contributed by atoms with Crippen molar-refractivity contribution in [3.8, 4) is 0 Å². The molecule has 1 rings (SSSR count). The first-order chi connectivity index (χ1) is 8.04. The number of carbonyl (C=O) groups is 2. The first kappa shape index (κ1) is 13.7. The number of carbonyl (C=O) groups excluding carboxylic acids is 2. The molecule has 0 heterocycles. The van der Waals surface area contributed by atoms with Crippen LogP contribution in [0.1, 0.15) is 33.1 Å². The standard InChI is InChI=1S/C13H20O4/c1-9-5-4-6-10(2)13(9)17-12(15)8-7-11(14)16-3/h7-10,13H,4-6H2,1-3H3. The van der Waals surface area contributed by atoms with Crippen molar-refractivity contribution in [2.24, 2.45) is 11.8 Å². The molecule has 0 spiro atoms. The minimum absolute atomic E-state index is 0.0430. The summed E-state index contributed by atoms with van der Waals surface area (Å²) in [6.07, 6.45) is 5.53. The lowest BCUT2D eigenvalue weighted by Gasteiger charge is -2.33. The van der Waals surface area contributed by atoms with Gasteiger partial charge in [0.2, 0.25) is 0 Å². The van der Waals surface area contributed by atoms with Gasteiger partial charge >= 0.3 is 11.9 Å². The van der Waals surface area contributed by atoms with Crippen LogP contribution in [-0.4, -0.2) is 25.2 Å². The molecule has 0 aromatic heterocycles. The van der Waals surface area contributed by atoms with E-state index in [0.29, 0.717) is 11.8 Å². The highest BCUT2D eigenvalue weighted by atomic mass is 16.5. The van der Waals surface area contributed by atoms with E-state index in [-0.39, 0.29) is 6.10 Å². The van der Waals surface area contributed by atoms with Gasteiger partial charge in [-0.2, -0.15) is 0 Å². The predicted octanol–water partition coefficient (Wildman–Crippen LogP) is 2.08. The number of esters is 2. The van der Waals surface area contributed by atoms with Crippen molar-refractivity contribution in [3.05, 3.63) is 12.2 Å². The van der Waals surface area contributed by atoms with Gasteiger partial charge in [-0.1, -0.05) is 20.3 Å². The normalized spacial score (nSPS) is 29.0. The molecule has 17 heavy (non-hydrogen) atoms. The zero-order valence-corrected chi connectivity index (χ0v) is 10.6. The number of methoxy groups -OCH3 is 1. The van der Waals surface area contributed by atoms with E-state index in [9.17, 15) is 9.59 Å². The van der Waals surface area contributed by atoms with Gasteiger partial charge in [0.1, 0.15) is 6.10 Å². The third kappa shape index (κ3) is 4.21. The maximum absolute atomic E-state index is 11.5. The Balaban J connectivity index is 2.49. The largest absolute Gasteiger partial charge is 0.466 e. The number of ether oxygens (including phenoxy) is 2. The van der Waals surface area contributed by atoms with Crippen molar-refractivity contribution in [1.82, 2.24) is 0 Å². The molecule has 1 aliphatic rings. The fourth-order valence-electron chi connectivity index (χ4n) is 2.26. The van der Waals surface area contributed by atoms with E-state index >= 15 is 0 Å². The van der Waals surface area contributed by atoms with Crippen molar-refractivity contribution in [2.45, 2.75) is 39.2 Å². The molecule has 2 unspecified atom stereocenters. The maximum Gasteiger partial charge on any atom is 0.331 e. The molecule has 2 atom stereocenters. The summed E-state index contributed by atoms with van der Waals surface area (Å²) in [6, 6.07) is 0. The van der Waals surface area contributed by atoms with Crippen LogP contribution in [0.5, 0.6) is 0 Å². The van der Waals surface area contributed by atoms with E-state index in [2.05, 4.69) is 18.6 Å². The third-order valence-corrected chi connectivity index (χ3v) is 3.25. The second kappa shape index (κ2) is 6.42. The lowest BCUT2D eigenvalue weighted by Crippen LogP contribution is -2.34. The van der Waals surface area contributed by atoms with Crippen molar-refractivity contribution >= 4 is 11.9 Å². The minimum Gasteiger partial charge on any atom is -0.466 e. The molecule has 1 saturated carbocycles. The Hall–Kier alpha value is -1.32. The van der Waals surface area contributed by atoms with Gasteiger partial charge in [0, 0.05) is 12.2 Å². The van der Waals surface area contributed by atoms with E-state index in [1.807, 2.05) is 0 Å². The lowest BCUT2D eigenvalue weighted by molar-refractivity contribution is -0.150. The monoisotopic (exact) mass is 240 g/mol. The van der Waals surface area contributed by atoms with Gasteiger partial charge in [-0.15, -0.1) is 0 Å². The minimum atomic E-state index is -0.549. The summed E-state index contributed by atoms with van der Waals surface area (Å²) in [6.45, 7) is 4.19. The molecule has 0 aromatic carbocycles. The summed E-state index contributed by atoms with van der Waals surface area (Å²) >= 11 is 0. The molecule has 0 radical (unpaired) electrons. The molecule has 0 N–H and O–H groups in total. The van der Waals surface area contributed by atoms with Gasteiger partial charge < -0.3 is 9.47 Å². The Bertz CT molecular complexity index is 299. The van der Waals surface area contributed by atoms with E-state index in [1.54, 1.807) is 0 Å². The van der Waals surface area contributed by atoms with Crippen LogP contribution in [0.3, 0.4) is 0 Å². The number of hydrogen-bond donors (Lipinski definition) is 0. The Labute approximate surface area is 102 Å². The van der Waals surface area contributed by atoms with E-state index in [0.717, 1.165) is 25.0 Å². The summed E-state index contributed by atoms with van der Waals surface area (Å²) in [5, 5.41) is 0. The second-order valence-corrected chi connectivity index (χ2v) is 4.64. The summed E-state index contributed by atoms with van der Waals surface area (Å²) in [5.41, 5.74) is 0. The zero-order valence-electron chi connectivity index (χ0n) is 10.6. The topological polar surface area (TPSA) is 52.6 Å². The van der Waals surface area contributed by atoms with Crippen LogP contribution < -0.4 is 0 Å². The summed E-state index contributed by atoms with van der Waals surface area (Å²) in [5.74, 6) is -0.254. The van der Waals surface area contributed by atoms with E-state index < -0.39 is 11.9 Å². The molecular weight excluding hydrogens is 220 g/mol. The van der Waals surface area contributed by atoms with Gasteiger partial charge in [-0.25, -0.2) is 9.59 Å². The maximum atomic E-state index is 11.5. The SMILES string of the molecule is COC(=O)C=CC(=O)OC1C(C)CCCC1C. The first-order valence-corrected chi connectivity index (χ1v) is 6.01. The van der Waals surface area contributed by atoms with Gasteiger partial charge in [0.05, 0.1) is 7.11 Å². The fourth-order valence-corrected chi connectivity index (χ4v) is 2.26. The van der Waals surface area contributed by atoms with Crippen molar-refractivity contribution in [2.75, 3.05) is 7.11 Å². The molecule has 96 valence electrons. The highest BCUT2D eigenvalue weighted by Crippen LogP contribution is 2.31. The zero-order chi connectivity index (χ0) is 12.8. The second-order valence-electron chi connectivity index (χ2n) is 4.64. The quantitative estimate of drug-likeness (QED) is 0.560. The predicted molar refractivity (Wildman–Crippen MR) is 63.2 cm³/mol. The molecule has 1 aliphatic carbocycles. The van der Waals surface area contributed by atoms with Crippen LogP contribution in [0.2, 0.25) is 0 Å².